The number of morpholine rings is 1. The van der Waals surface area contributed by atoms with Crippen LogP contribution in [0, 0.1) is 0 Å². The first-order valence-corrected chi connectivity index (χ1v) is 17.3. The maximum absolute atomic E-state index is 6.71. The van der Waals surface area contributed by atoms with Gasteiger partial charge >= 0.3 is 0 Å². The van der Waals surface area contributed by atoms with Gasteiger partial charge in [-0.3, -0.25) is 0 Å². The van der Waals surface area contributed by atoms with Crippen LogP contribution in [0.3, 0.4) is 0 Å². The number of halogens is 1. The van der Waals surface area contributed by atoms with E-state index in [1.807, 2.05) is 60.7 Å². The predicted octanol–water partition coefficient (Wildman–Crippen LogP) is 6.93. The van der Waals surface area contributed by atoms with Crippen LogP contribution >= 0.6 is 15.9 Å². The normalized spacial score (nSPS) is 22.9. The van der Waals surface area contributed by atoms with Crippen LogP contribution in [0.5, 0.6) is 0 Å². The molecule has 6 rings (SSSR count). The Hall–Kier alpha value is -3.12. The third-order valence-electron chi connectivity index (χ3n) is 8.65. The number of anilines is 1. The van der Waals surface area contributed by atoms with Crippen molar-refractivity contribution in [3.63, 3.8) is 0 Å². The SMILES string of the molecule is CO[C@H]1O[C@H](COCc2ccc(N3CCOCC3)cc2)[C@@H](OCc2ccccc2)[C@H](OCc2ccccc2)[C@H]1OCc1ccccc1Br. The maximum Gasteiger partial charge on any atom is 0.186 e. The third-order valence-corrected chi connectivity index (χ3v) is 9.42. The molecule has 48 heavy (non-hydrogen) atoms. The molecule has 2 aliphatic rings. The molecule has 0 aromatic heterocycles. The summed E-state index contributed by atoms with van der Waals surface area (Å²) < 4.78 is 45.3. The molecule has 0 bridgehead atoms. The lowest BCUT2D eigenvalue weighted by Crippen LogP contribution is -2.61. The molecule has 0 spiro atoms. The van der Waals surface area contributed by atoms with Crippen molar-refractivity contribution in [2.75, 3.05) is 44.9 Å². The highest BCUT2D eigenvalue weighted by molar-refractivity contribution is 9.10. The van der Waals surface area contributed by atoms with Crippen LogP contribution < -0.4 is 4.90 Å². The van der Waals surface area contributed by atoms with E-state index in [1.165, 1.54) is 5.69 Å². The first-order chi connectivity index (χ1) is 23.7. The molecule has 4 aromatic carbocycles. The van der Waals surface area contributed by atoms with Gasteiger partial charge in [0.15, 0.2) is 6.29 Å². The van der Waals surface area contributed by atoms with Gasteiger partial charge < -0.3 is 38.1 Å². The lowest BCUT2D eigenvalue weighted by molar-refractivity contribution is -0.323. The Labute approximate surface area is 291 Å². The molecule has 0 saturated carbocycles. The van der Waals surface area contributed by atoms with Gasteiger partial charge in [-0.1, -0.05) is 107 Å². The van der Waals surface area contributed by atoms with Crippen molar-refractivity contribution in [2.45, 2.75) is 57.1 Å². The van der Waals surface area contributed by atoms with Crippen molar-refractivity contribution in [3.05, 3.63) is 136 Å². The van der Waals surface area contributed by atoms with Crippen LogP contribution in [-0.4, -0.2) is 70.7 Å². The summed E-state index contributed by atoms with van der Waals surface area (Å²) in [5, 5.41) is 0. The van der Waals surface area contributed by atoms with Crippen LogP contribution in [0.4, 0.5) is 5.69 Å². The monoisotopic (exact) mass is 717 g/mol. The lowest BCUT2D eigenvalue weighted by Gasteiger charge is -2.45. The third kappa shape index (κ3) is 9.52. The largest absolute Gasteiger partial charge is 0.378 e. The molecular formula is C39H44BrNO7. The van der Waals surface area contributed by atoms with E-state index in [-0.39, 0.29) is 6.61 Å². The van der Waals surface area contributed by atoms with Gasteiger partial charge in [0.25, 0.3) is 0 Å². The van der Waals surface area contributed by atoms with Gasteiger partial charge in [-0.15, -0.1) is 0 Å². The second kappa shape index (κ2) is 18.0. The van der Waals surface area contributed by atoms with E-state index < -0.39 is 30.7 Å². The van der Waals surface area contributed by atoms with Crippen LogP contribution in [0.15, 0.2) is 114 Å². The number of nitrogens with zero attached hydrogens (tertiary/aromatic N) is 1. The average molecular weight is 719 g/mol. The van der Waals surface area contributed by atoms with E-state index in [0.29, 0.717) is 26.4 Å². The minimum absolute atomic E-state index is 0.284. The van der Waals surface area contributed by atoms with Crippen LogP contribution in [0.2, 0.25) is 0 Å². The molecule has 9 heteroatoms. The van der Waals surface area contributed by atoms with E-state index in [2.05, 4.69) is 69.4 Å². The van der Waals surface area contributed by atoms with Gasteiger partial charge in [-0.2, -0.15) is 0 Å². The fourth-order valence-corrected chi connectivity index (χ4v) is 6.42. The Kier molecular flexibility index (Phi) is 13.1. The molecule has 0 amide bonds. The predicted molar refractivity (Wildman–Crippen MR) is 188 cm³/mol. The highest BCUT2D eigenvalue weighted by atomic mass is 79.9. The van der Waals surface area contributed by atoms with E-state index in [1.54, 1.807) is 7.11 Å². The summed E-state index contributed by atoms with van der Waals surface area (Å²) in [6.07, 6.45) is -2.78. The molecule has 2 fully saturated rings. The van der Waals surface area contributed by atoms with E-state index in [4.69, 9.17) is 33.2 Å². The molecule has 0 radical (unpaired) electrons. The molecule has 2 heterocycles. The Morgan fingerprint density at radius 1 is 0.646 bits per heavy atom. The molecule has 4 aromatic rings. The number of hydrogen-bond donors (Lipinski definition) is 0. The maximum atomic E-state index is 6.71. The first-order valence-electron chi connectivity index (χ1n) is 16.5. The number of ether oxygens (including phenoxy) is 7. The van der Waals surface area contributed by atoms with E-state index in [9.17, 15) is 0 Å². The smallest absolute Gasteiger partial charge is 0.186 e. The first kappa shape index (κ1) is 34.7. The summed E-state index contributed by atoms with van der Waals surface area (Å²) in [7, 11) is 1.63. The van der Waals surface area contributed by atoms with Crippen molar-refractivity contribution in [2.24, 2.45) is 0 Å². The van der Waals surface area contributed by atoms with Crippen LogP contribution in [0.25, 0.3) is 0 Å². The fourth-order valence-electron chi connectivity index (χ4n) is 6.02. The Balaban J connectivity index is 1.20. The van der Waals surface area contributed by atoms with Gasteiger partial charge in [0.2, 0.25) is 0 Å². The standard InChI is InChI=1S/C39H44BrNO7/c1-42-39-38(47-27-32-14-8-9-15-34(32)40)37(46-26-30-12-6-3-7-13-30)36(45-25-29-10-4-2-5-11-29)35(48-39)28-44-24-31-16-18-33(19-17-31)41-20-22-43-23-21-41/h2-19,35-39H,20-28H2,1H3/t35-,36-,37+,38-,39+/m1/s1. The quantitative estimate of drug-likeness (QED) is 0.131. The van der Waals surface area contributed by atoms with Gasteiger partial charge in [-0.25, -0.2) is 0 Å². The zero-order chi connectivity index (χ0) is 33.0. The van der Waals surface area contributed by atoms with Gasteiger partial charge in [-0.05, 0) is 40.5 Å². The zero-order valence-electron chi connectivity index (χ0n) is 27.3. The summed E-state index contributed by atoms with van der Waals surface area (Å²) in [5.41, 5.74) is 5.40. The van der Waals surface area contributed by atoms with Gasteiger partial charge in [0.05, 0.1) is 46.2 Å². The molecule has 8 nitrogen and oxygen atoms in total. The molecule has 0 aliphatic carbocycles. The summed E-state index contributed by atoms with van der Waals surface area (Å²) in [4.78, 5) is 2.34. The zero-order valence-corrected chi connectivity index (χ0v) is 28.9. The molecule has 0 unspecified atom stereocenters. The number of benzene rings is 4. The highest BCUT2D eigenvalue weighted by Crippen LogP contribution is 2.32. The second-order valence-electron chi connectivity index (χ2n) is 11.9. The summed E-state index contributed by atoms with van der Waals surface area (Å²) in [6, 6.07) is 36.8. The Bertz CT molecular complexity index is 1500. The van der Waals surface area contributed by atoms with Crippen molar-refractivity contribution in [1.82, 2.24) is 0 Å². The van der Waals surface area contributed by atoms with Crippen molar-refractivity contribution < 1.29 is 33.2 Å². The molecule has 2 saturated heterocycles. The van der Waals surface area contributed by atoms with Crippen LogP contribution in [0.1, 0.15) is 22.3 Å². The molecular weight excluding hydrogens is 674 g/mol. The summed E-state index contributed by atoms with van der Waals surface area (Å²) in [6.45, 7) is 5.15. The molecule has 5 atom stereocenters. The van der Waals surface area contributed by atoms with Gasteiger partial charge in [0.1, 0.15) is 24.4 Å². The van der Waals surface area contributed by atoms with Gasteiger partial charge in [0, 0.05) is 30.4 Å². The van der Waals surface area contributed by atoms with E-state index in [0.717, 1.165) is 53.0 Å². The lowest BCUT2D eigenvalue weighted by atomic mass is 9.97. The molecule has 0 N–H and O–H groups in total. The summed E-state index contributed by atoms with van der Waals surface area (Å²) in [5.74, 6) is 0. The van der Waals surface area contributed by atoms with Crippen molar-refractivity contribution in [3.8, 4) is 0 Å². The number of methoxy groups -OCH3 is 1. The Morgan fingerprint density at radius 2 is 1.23 bits per heavy atom. The topological polar surface area (TPSA) is 67.9 Å². The molecule has 2 aliphatic heterocycles. The Morgan fingerprint density at radius 3 is 1.88 bits per heavy atom. The van der Waals surface area contributed by atoms with Crippen molar-refractivity contribution >= 4 is 21.6 Å². The van der Waals surface area contributed by atoms with E-state index >= 15 is 0 Å². The average Bonchev–Trinajstić information content (AvgIpc) is 3.14. The molecule has 254 valence electrons. The number of hydrogen-bond acceptors (Lipinski definition) is 8. The highest BCUT2D eigenvalue weighted by Gasteiger charge is 2.48. The minimum Gasteiger partial charge on any atom is -0.378 e. The van der Waals surface area contributed by atoms with Crippen LogP contribution in [-0.2, 0) is 59.6 Å². The fraction of sp³-hybridized carbons (Fsp3) is 0.385. The summed E-state index contributed by atoms with van der Waals surface area (Å²) >= 11 is 3.65. The number of rotatable bonds is 15. The minimum atomic E-state index is -0.703. The second-order valence-corrected chi connectivity index (χ2v) is 12.8. The van der Waals surface area contributed by atoms with Crippen molar-refractivity contribution in [1.29, 1.82) is 0 Å².